The molecule has 5 nitrogen and oxygen atoms in total. The first-order valence-electron chi connectivity index (χ1n) is 9.34. The summed E-state index contributed by atoms with van der Waals surface area (Å²) in [6.07, 6.45) is 4.78. The van der Waals surface area contributed by atoms with Crippen LogP contribution in [0.5, 0.6) is 0 Å². The van der Waals surface area contributed by atoms with Crippen molar-refractivity contribution in [3.05, 3.63) is 66.6 Å². The van der Waals surface area contributed by atoms with E-state index in [9.17, 15) is 4.79 Å². The fourth-order valence-electron chi connectivity index (χ4n) is 3.37. The minimum absolute atomic E-state index is 0.0627. The van der Waals surface area contributed by atoms with Crippen molar-refractivity contribution in [3.63, 3.8) is 0 Å². The maximum atomic E-state index is 12.8. The number of pyridine rings is 1. The van der Waals surface area contributed by atoms with Crippen molar-refractivity contribution in [2.24, 2.45) is 0 Å². The molecule has 27 heavy (non-hydrogen) atoms. The Morgan fingerprint density at radius 2 is 1.89 bits per heavy atom. The molecule has 0 aliphatic rings. The van der Waals surface area contributed by atoms with E-state index in [0.717, 1.165) is 52.7 Å². The fraction of sp³-hybridized carbons (Fsp3) is 0.227. The molecule has 4 rings (SSSR count). The molecule has 0 aliphatic carbocycles. The van der Waals surface area contributed by atoms with Crippen LogP contribution in [0.15, 0.2) is 60.8 Å². The van der Waals surface area contributed by atoms with E-state index < -0.39 is 0 Å². The second-order valence-corrected chi connectivity index (χ2v) is 6.63. The molecule has 0 fully saturated rings. The Hall–Kier alpha value is -3.21. The third-order valence-corrected chi connectivity index (χ3v) is 4.71. The van der Waals surface area contributed by atoms with Gasteiger partial charge in [-0.15, -0.1) is 0 Å². The Morgan fingerprint density at radius 1 is 1.04 bits per heavy atom. The van der Waals surface area contributed by atoms with Crippen LogP contribution in [0.4, 0.5) is 5.69 Å². The third-order valence-electron chi connectivity index (χ3n) is 4.71. The van der Waals surface area contributed by atoms with Gasteiger partial charge in [0.1, 0.15) is 12.4 Å². The molecule has 0 saturated carbocycles. The summed E-state index contributed by atoms with van der Waals surface area (Å²) in [4.78, 5) is 21.9. The molecule has 5 heteroatoms. The molecule has 0 unspecified atom stereocenters. The molecule has 0 atom stereocenters. The number of fused-ring (bicyclic) bond motifs is 2. The summed E-state index contributed by atoms with van der Waals surface area (Å²) in [5, 5.41) is 3.98. The summed E-state index contributed by atoms with van der Waals surface area (Å²) in [6, 6.07) is 17.6. The zero-order chi connectivity index (χ0) is 18.6. The topological polar surface area (TPSA) is 59.8 Å². The van der Waals surface area contributed by atoms with Crippen LogP contribution in [-0.4, -0.2) is 20.4 Å². The van der Waals surface area contributed by atoms with Gasteiger partial charge in [-0.3, -0.25) is 9.78 Å². The van der Waals surface area contributed by atoms with Crippen LogP contribution in [0.3, 0.4) is 0 Å². The highest BCUT2D eigenvalue weighted by atomic mass is 16.1. The lowest BCUT2D eigenvalue weighted by atomic mass is 10.2. The van der Waals surface area contributed by atoms with Gasteiger partial charge in [-0.25, -0.2) is 4.98 Å². The maximum Gasteiger partial charge on any atom is 0.244 e. The van der Waals surface area contributed by atoms with Crippen LogP contribution >= 0.6 is 0 Å². The molecule has 0 radical (unpaired) electrons. The third kappa shape index (κ3) is 3.53. The number of nitrogens with zero attached hydrogens (tertiary/aromatic N) is 3. The lowest BCUT2D eigenvalue weighted by molar-refractivity contribution is -0.116. The molecular weight excluding hydrogens is 336 g/mol. The van der Waals surface area contributed by atoms with E-state index in [1.165, 1.54) is 0 Å². The number of hydrogen-bond donors (Lipinski definition) is 1. The number of rotatable bonds is 6. The zero-order valence-electron chi connectivity index (χ0n) is 15.4. The van der Waals surface area contributed by atoms with Gasteiger partial charge in [0, 0.05) is 18.0 Å². The molecule has 2 aromatic heterocycles. The molecule has 0 saturated heterocycles. The number of benzene rings is 2. The molecule has 4 aromatic rings. The summed E-state index contributed by atoms with van der Waals surface area (Å²) in [5.41, 5.74) is 3.58. The summed E-state index contributed by atoms with van der Waals surface area (Å²) in [6.45, 7) is 2.41. The van der Waals surface area contributed by atoms with Crippen molar-refractivity contribution in [1.29, 1.82) is 0 Å². The Kier molecular flexibility index (Phi) is 4.83. The molecule has 136 valence electrons. The standard InChI is InChI=1S/C22H22N4O/c1-2-3-13-21-24-19-9-4-5-12-20(19)26(21)15-22(27)25-18-11-6-10-17-16(18)8-7-14-23-17/h4-12,14H,2-3,13,15H2,1H3,(H,25,27). The van der Waals surface area contributed by atoms with Crippen LogP contribution in [-0.2, 0) is 17.8 Å². The minimum Gasteiger partial charge on any atom is -0.324 e. The Balaban J connectivity index is 1.62. The zero-order valence-corrected chi connectivity index (χ0v) is 15.4. The lowest BCUT2D eigenvalue weighted by Gasteiger charge is -2.11. The monoisotopic (exact) mass is 358 g/mol. The number of aromatic nitrogens is 3. The van der Waals surface area contributed by atoms with Gasteiger partial charge in [0.25, 0.3) is 0 Å². The Morgan fingerprint density at radius 3 is 2.78 bits per heavy atom. The number of hydrogen-bond acceptors (Lipinski definition) is 3. The first kappa shape index (κ1) is 17.2. The minimum atomic E-state index is -0.0627. The number of carbonyl (C=O) groups is 1. The molecule has 2 heterocycles. The largest absolute Gasteiger partial charge is 0.324 e. The van der Waals surface area contributed by atoms with Gasteiger partial charge in [0.15, 0.2) is 0 Å². The predicted molar refractivity (Wildman–Crippen MR) is 109 cm³/mol. The molecule has 1 N–H and O–H groups in total. The number of carbonyl (C=O) groups excluding carboxylic acids is 1. The average molecular weight is 358 g/mol. The van der Waals surface area contributed by atoms with E-state index in [1.54, 1.807) is 6.20 Å². The first-order chi connectivity index (χ1) is 13.3. The van der Waals surface area contributed by atoms with E-state index in [4.69, 9.17) is 4.98 Å². The molecule has 0 aliphatic heterocycles. The Bertz CT molecular complexity index is 1090. The summed E-state index contributed by atoms with van der Waals surface area (Å²) in [5.74, 6) is 0.903. The van der Waals surface area contributed by atoms with E-state index in [0.29, 0.717) is 0 Å². The van der Waals surface area contributed by atoms with Crippen molar-refractivity contribution in [2.45, 2.75) is 32.7 Å². The maximum absolute atomic E-state index is 12.8. The van der Waals surface area contributed by atoms with Crippen LogP contribution < -0.4 is 5.32 Å². The fourth-order valence-corrected chi connectivity index (χ4v) is 3.37. The number of anilines is 1. The average Bonchev–Trinajstić information content (AvgIpc) is 3.04. The second-order valence-electron chi connectivity index (χ2n) is 6.63. The van der Waals surface area contributed by atoms with Gasteiger partial charge < -0.3 is 9.88 Å². The van der Waals surface area contributed by atoms with Gasteiger partial charge >= 0.3 is 0 Å². The smallest absolute Gasteiger partial charge is 0.244 e. The van der Waals surface area contributed by atoms with E-state index in [-0.39, 0.29) is 12.5 Å². The normalized spacial score (nSPS) is 11.1. The summed E-state index contributed by atoms with van der Waals surface area (Å²) >= 11 is 0. The van der Waals surface area contributed by atoms with Crippen molar-refractivity contribution in [1.82, 2.24) is 14.5 Å². The van der Waals surface area contributed by atoms with E-state index in [2.05, 4.69) is 17.2 Å². The van der Waals surface area contributed by atoms with Gasteiger partial charge in [-0.2, -0.15) is 0 Å². The number of aryl methyl sites for hydroxylation is 1. The predicted octanol–water partition coefficient (Wildman–Crippen LogP) is 4.57. The number of unbranched alkanes of at least 4 members (excludes halogenated alkanes) is 1. The highest BCUT2D eigenvalue weighted by molar-refractivity contribution is 6.01. The molecule has 0 spiro atoms. The van der Waals surface area contributed by atoms with Gasteiger partial charge in [0.05, 0.1) is 22.2 Å². The van der Waals surface area contributed by atoms with Crippen LogP contribution in [0.25, 0.3) is 21.9 Å². The van der Waals surface area contributed by atoms with Crippen molar-refractivity contribution >= 4 is 33.5 Å². The number of amides is 1. The number of imidazole rings is 1. The SMILES string of the molecule is CCCCc1nc2ccccc2n1CC(=O)Nc1cccc2ncccc12. The summed E-state index contributed by atoms with van der Waals surface area (Å²) in [7, 11) is 0. The van der Waals surface area contributed by atoms with Crippen LogP contribution in [0.1, 0.15) is 25.6 Å². The van der Waals surface area contributed by atoms with Crippen LogP contribution in [0.2, 0.25) is 0 Å². The van der Waals surface area contributed by atoms with Crippen molar-refractivity contribution in [3.8, 4) is 0 Å². The first-order valence-corrected chi connectivity index (χ1v) is 9.34. The molecule has 2 aromatic carbocycles. The number of para-hydroxylation sites is 2. The van der Waals surface area contributed by atoms with E-state index in [1.807, 2.05) is 59.2 Å². The highest BCUT2D eigenvalue weighted by Gasteiger charge is 2.14. The molecule has 0 bridgehead atoms. The van der Waals surface area contributed by atoms with E-state index >= 15 is 0 Å². The number of nitrogens with one attached hydrogen (secondary N) is 1. The summed E-state index contributed by atoms with van der Waals surface area (Å²) < 4.78 is 2.03. The highest BCUT2D eigenvalue weighted by Crippen LogP contribution is 2.22. The quantitative estimate of drug-likeness (QED) is 0.549. The van der Waals surface area contributed by atoms with Crippen molar-refractivity contribution in [2.75, 3.05) is 5.32 Å². The second kappa shape index (κ2) is 7.58. The van der Waals surface area contributed by atoms with Crippen LogP contribution in [0, 0.1) is 0 Å². The van der Waals surface area contributed by atoms with Crippen molar-refractivity contribution < 1.29 is 4.79 Å². The van der Waals surface area contributed by atoms with Gasteiger partial charge in [-0.1, -0.05) is 31.5 Å². The molecule has 1 amide bonds. The van der Waals surface area contributed by atoms with Gasteiger partial charge in [-0.05, 0) is 42.8 Å². The molecular formula is C22H22N4O. The lowest BCUT2D eigenvalue weighted by Crippen LogP contribution is -2.20. The van der Waals surface area contributed by atoms with Gasteiger partial charge in [0.2, 0.25) is 5.91 Å². The Labute approximate surface area is 158 Å².